The van der Waals surface area contributed by atoms with Crippen molar-refractivity contribution >= 4 is 10.1 Å². The third kappa shape index (κ3) is 19.5. The fraction of sp³-hybridized carbons (Fsp3) is 1.00. The summed E-state index contributed by atoms with van der Waals surface area (Å²) in [4.78, 5) is 0. The van der Waals surface area contributed by atoms with Crippen molar-refractivity contribution in [1.82, 2.24) is 0 Å². The van der Waals surface area contributed by atoms with Gasteiger partial charge in [-0.3, -0.25) is 0 Å². The van der Waals surface area contributed by atoms with E-state index < -0.39 is 21.5 Å². The maximum atomic E-state index is 11.5. The second-order valence-electron chi connectivity index (χ2n) is 8.13. The Hall–Kier alpha value is 1.51. The van der Waals surface area contributed by atoms with Crippen LogP contribution in [0.1, 0.15) is 129 Å². The molecule has 0 radical (unpaired) electrons. The fourth-order valence-electron chi connectivity index (χ4n) is 3.68. The molecule has 0 fully saturated rings. The molecule has 28 heavy (non-hydrogen) atoms. The molecule has 2 atom stereocenters. The minimum Gasteiger partial charge on any atom is -0.748 e. The predicted octanol–water partition coefficient (Wildman–Crippen LogP) is 3.33. The van der Waals surface area contributed by atoms with Gasteiger partial charge in [0.05, 0.1) is 11.4 Å². The summed E-state index contributed by atoms with van der Waals surface area (Å²) in [7, 11) is -4.43. The number of rotatable bonds is 20. The zero-order chi connectivity index (χ0) is 20.4. The zero-order valence-corrected chi connectivity index (χ0v) is 22.9. The molecule has 164 valence electrons. The molecule has 0 bridgehead atoms. The normalized spacial score (nSPS) is 13.9. The number of hydrogen-bond donors (Lipinski definition) is 1. The fourth-order valence-corrected chi connectivity index (χ4v) is 4.66. The van der Waals surface area contributed by atoms with Gasteiger partial charge >= 0.3 is 51.4 Å². The Labute approximate surface area is 218 Å². The molecule has 1 N–H and O–H groups in total. The molecule has 0 saturated carbocycles. The number of aliphatic hydroxyl groups excluding tert-OH is 1. The average molecular weight is 445 g/mol. The van der Waals surface area contributed by atoms with E-state index in [1.807, 2.05) is 0 Å². The van der Waals surface area contributed by atoms with Crippen molar-refractivity contribution in [2.24, 2.45) is 0 Å². The van der Waals surface area contributed by atoms with Crippen molar-refractivity contribution < 1.29 is 69.5 Å². The van der Waals surface area contributed by atoms with Crippen LogP contribution >= 0.6 is 0 Å². The van der Waals surface area contributed by atoms with Gasteiger partial charge in [-0.25, -0.2) is 8.42 Å². The SMILES string of the molecule is CCCCCCCCCCCC(C(O)CCCCCCCCC)S(=O)(=O)[O-].[K+]. The first kappa shape index (κ1) is 31.7. The van der Waals surface area contributed by atoms with E-state index in [4.69, 9.17) is 0 Å². The first-order valence-electron chi connectivity index (χ1n) is 11.6. The van der Waals surface area contributed by atoms with Crippen LogP contribution < -0.4 is 51.4 Å². The molecule has 4 nitrogen and oxygen atoms in total. The smallest absolute Gasteiger partial charge is 0.748 e. The van der Waals surface area contributed by atoms with Crippen LogP contribution in [-0.2, 0) is 10.1 Å². The van der Waals surface area contributed by atoms with E-state index >= 15 is 0 Å². The summed E-state index contributed by atoms with van der Waals surface area (Å²) in [5.41, 5.74) is 0. The Bertz CT molecular complexity index is 415. The van der Waals surface area contributed by atoms with E-state index in [1.54, 1.807) is 0 Å². The summed E-state index contributed by atoms with van der Waals surface area (Å²) in [6.45, 7) is 4.40. The van der Waals surface area contributed by atoms with Crippen LogP contribution in [0.2, 0.25) is 0 Å². The van der Waals surface area contributed by atoms with Crippen molar-refractivity contribution in [3.05, 3.63) is 0 Å². The third-order valence-corrected chi connectivity index (χ3v) is 6.79. The standard InChI is InChI=1S/C22H46O4S.K/c1-3-5-7-9-11-12-14-16-18-20-22(27(24,25)26)21(23)19-17-15-13-10-8-6-4-2;/h21-23H,3-20H2,1-2H3,(H,24,25,26);/q;+1/p-1. The van der Waals surface area contributed by atoms with Gasteiger partial charge in [0.1, 0.15) is 10.1 Å². The molecule has 6 heteroatoms. The summed E-state index contributed by atoms with van der Waals surface area (Å²) in [5, 5.41) is 9.11. The molecule has 0 saturated heterocycles. The molecule has 0 aromatic heterocycles. The Morgan fingerprint density at radius 3 is 1.32 bits per heavy atom. The molecule has 0 aromatic rings. The van der Waals surface area contributed by atoms with Crippen molar-refractivity contribution in [2.45, 2.75) is 141 Å². The van der Waals surface area contributed by atoms with Gasteiger partial charge in [0.15, 0.2) is 0 Å². The molecule has 0 aliphatic rings. The number of hydrogen-bond acceptors (Lipinski definition) is 4. The van der Waals surface area contributed by atoms with Crippen LogP contribution in [0, 0.1) is 0 Å². The van der Waals surface area contributed by atoms with Crippen LogP contribution in [0.4, 0.5) is 0 Å². The molecule has 0 heterocycles. The zero-order valence-electron chi connectivity index (χ0n) is 19.0. The van der Waals surface area contributed by atoms with E-state index in [0.717, 1.165) is 38.5 Å². The maximum absolute atomic E-state index is 11.5. The van der Waals surface area contributed by atoms with Crippen LogP contribution in [-0.4, -0.2) is 29.4 Å². The summed E-state index contributed by atoms with van der Waals surface area (Å²) < 4.78 is 34.6. The Balaban J connectivity index is 0. The quantitative estimate of drug-likeness (QED) is 0.177. The third-order valence-electron chi connectivity index (χ3n) is 5.50. The largest absolute Gasteiger partial charge is 1.00 e. The molecule has 0 aliphatic heterocycles. The van der Waals surface area contributed by atoms with Crippen LogP contribution in [0.3, 0.4) is 0 Å². The monoisotopic (exact) mass is 444 g/mol. The summed E-state index contributed by atoms with van der Waals surface area (Å²) in [6, 6.07) is 0. The molecule has 0 rings (SSSR count). The first-order chi connectivity index (χ1) is 12.9. The minimum absolute atomic E-state index is 0. The van der Waals surface area contributed by atoms with Crippen LogP contribution in [0.5, 0.6) is 0 Å². The number of aliphatic hydroxyl groups is 1. The van der Waals surface area contributed by atoms with Gasteiger partial charge in [0.2, 0.25) is 0 Å². The van der Waals surface area contributed by atoms with Gasteiger partial charge in [-0.1, -0.05) is 117 Å². The molecule has 0 spiro atoms. The number of unbranched alkanes of at least 4 members (excludes halogenated alkanes) is 14. The first-order valence-corrected chi connectivity index (χ1v) is 13.0. The van der Waals surface area contributed by atoms with E-state index in [1.165, 1.54) is 64.2 Å². The van der Waals surface area contributed by atoms with Gasteiger partial charge < -0.3 is 9.66 Å². The molecular weight excluding hydrogens is 399 g/mol. The Kier molecular flexibility index (Phi) is 24.6. The molecular formula is C22H45KO4S. The molecule has 2 unspecified atom stereocenters. The van der Waals surface area contributed by atoms with E-state index in [0.29, 0.717) is 12.8 Å². The Morgan fingerprint density at radius 1 is 0.643 bits per heavy atom. The Morgan fingerprint density at radius 2 is 0.964 bits per heavy atom. The van der Waals surface area contributed by atoms with Crippen molar-refractivity contribution in [3.63, 3.8) is 0 Å². The predicted molar refractivity (Wildman–Crippen MR) is 114 cm³/mol. The van der Waals surface area contributed by atoms with E-state index in [-0.39, 0.29) is 51.4 Å². The molecule has 0 aliphatic carbocycles. The van der Waals surface area contributed by atoms with Gasteiger partial charge in [0, 0.05) is 0 Å². The maximum Gasteiger partial charge on any atom is 1.00 e. The van der Waals surface area contributed by atoms with Gasteiger partial charge in [-0.2, -0.15) is 0 Å². The van der Waals surface area contributed by atoms with Crippen molar-refractivity contribution in [3.8, 4) is 0 Å². The average Bonchev–Trinajstić information content (AvgIpc) is 2.61. The minimum atomic E-state index is -4.43. The molecule has 0 aromatic carbocycles. The topological polar surface area (TPSA) is 77.4 Å². The van der Waals surface area contributed by atoms with Gasteiger partial charge in [-0.15, -0.1) is 0 Å². The van der Waals surface area contributed by atoms with Gasteiger partial charge in [0.25, 0.3) is 0 Å². The molecule has 0 amide bonds. The second kappa shape index (κ2) is 21.7. The van der Waals surface area contributed by atoms with Crippen LogP contribution in [0.15, 0.2) is 0 Å². The van der Waals surface area contributed by atoms with Crippen molar-refractivity contribution in [2.75, 3.05) is 0 Å². The summed E-state index contributed by atoms with van der Waals surface area (Å²) in [5.74, 6) is 0. The van der Waals surface area contributed by atoms with E-state index in [2.05, 4.69) is 13.8 Å². The van der Waals surface area contributed by atoms with Gasteiger partial charge in [-0.05, 0) is 12.8 Å². The summed E-state index contributed by atoms with van der Waals surface area (Å²) in [6.07, 6.45) is 17.9. The van der Waals surface area contributed by atoms with Crippen LogP contribution in [0.25, 0.3) is 0 Å². The van der Waals surface area contributed by atoms with E-state index in [9.17, 15) is 18.1 Å². The van der Waals surface area contributed by atoms with Crippen molar-refractivity contribution in [1.29, 1.82) is 0 Å². The summed E-state index contributed by atoms with van der Waals surface area (Å²) >= 11 is 0. The second-order valence-corrected chi connectivity index (χ2v) is 9.72.